The zero-order valence-electron chi connectivity index (χ0n) is 10.8. The molecule has 1 unspecified atom stereocenters. The van der Waals surface area contributed by atoms with E-state index in [1.807, 2.05) is 24.3 Å². The summed E-state index contributed by atoms with van der Waals surface area (Å²) in [5, 5.41) is 9.21. The first-order valence-electron chi connectivity index (χ1n) is 6.45. The van der Waals surface area contributed by atoms with Crippen molar-refractivity contribution in [3.05, 3.63) is 24.3 Å². The Morgan fingerprint density at radius 2 is 2.00 bits per heavy atom. The van der Waals surface area contributed by atoms with E-state index < -0.39 is 0 Å². The van der Waals surface area contributed by atoms with Crippen molar-refractivity contribution in [2.24, 2.45) is 0 Å². The molecule has 1 heterocycles. The van der Waals surface area contributed by atoms with Crippen molar-refractivity contribution in [3.8, 4) is 11.5 Å². The minimum atomic E-state index is 0.253. The lowest BCUT2D eigenvalue weighted by molar-refractivity contribution is 0.139. The van der Waals surface area contributed by atoms with Gasteiger partial charge in [0.1, 0.15) is 18.1 Å². The summed E-state index contributed by atoms with van der Waals surface area (Å²) in [6, 6.07) is 7.92. The van der Waals surface area contributed by atoms with Crippen LogP contribution in [0.1, 0.15) is 12.8 Å². The van der Waals surface area contributed by atoms with Crippen LogP contribution in [0.2, 0.25) is 0 Å². The molecule has 1 fully saturated rings. The molecule has 1 aliphatic heterocycles. The molecule has 1 aromatic carbocycles. The van der Waals surface area contributed by atoms with Crippen LogP contribution in [-0.4, -0.2) is 49.5 Å². The summed E-state index contributed by atoms with van der Waals surface area (Å²) < 4.78 is 10.8. The Labute approximate surface area is 108 Å². The van der Waals surface area contributed by atoms with Gasteiger partial charge in [0.05, 0.1) is 13.7 Å². The van der Waals surface area contributed by atoms with Crippen LogP contribution in [0.5, 0.6) is 11.5 Å². The molecule has 0 spiro atoms. The van der Waals surface area contributed by atoms with Gasteiger partial charge in [-0.2, -0.15) is 0 Å². The molecule has 0 aliphatic carbocycles. The van der Waals surface area contributed by atoms with Crippen molar-refractivity contribution in [2.75, 3.05) is 33.4 Å². The van der Waals surface area contributed by atoms with E-state index in [2.05, 4.69) is 4.90 Å². The maximum atomic E-state index is 9.21. The fourth-order valence-electron chi connectivity index (χ4n) is 2.35. The van der Waals surface area contributed by atoms with Gasteiger partial charge in [-0.1, -0.05) is 0 Å². The lowest BCUT2D eigenvalue weighted by Crippen LogP contribution is -2.35. The van der Waals surface area contributed by atoms with Gasteiger partial charge in [-0.3, -0.25) is 4.90 Å². The van der Waals surface area contributed by atoms with E-state index in [0.717, 1.165) is 31.0 Å². The maximum Gasteiger partial charge on any atom is 0.119 e. The second-order valence-corrected chi connectivity index (χ2v) is 4.54. The van der Waals surface area contributed by atoms with Crippen molar-refractivity contribution in [1.29, 1.82) is 0 Å². The molecule has 4 heteroatoms. The van der Waals surface area contributed by atoms with Gasteiger partial charge >= 0.3 is 0 Å². The highest BCUT2D eigenvalue weighted by Gasteiger charge is 2.22. The highest BCUT2D eigenvalue weighted by Crippen LogP contribution is 2.18. The average molecular weight is 251 g/mol. The first-order chi connectivity index (χ1) is 8.83. The number of nitrogens with zero attached hydrogens (tertiary/aromatic N) is 1. The predicted octanol–water partition coefficient (Wildman–Crippen LogP) is 1.53. The zero-order valence-corrected chi connectivity index (χ0v) is 10.8. The summed E-state index contributed by atoms with van der Waals surface area (Å²) in [6.45, 7) is 2.85. The summed E-state index contributed by atoms with van der Waals surface area (Å²) in [5.41, 5.74) is 0. The normalized spacial score (nSPS) is 20.0. The Hall–Kier alpha value is -1.26. The lowest BCUT2D eigenvalue weighted by atomic mass is 10.2. The maximum absolute atomic E-state index is 9.21. The van der Waals surface area contributed by atoms with E-state index in [4.69, 9.17) is 9.47 Å². The molecule has 0 bridgehead atoms. The van der Waals surface area contributed by atoms with Crippen LogP contribution in [0.3, 0.4) is 0 Å². The van der Waals surface area contributed by atoms with Crippen LogP contribution >= 0.6 is 0 Å². The van der Waals surface area contributed by atoms with Crippen molar-refractivity contribution in [3.63, 3.8) is 0 Å². The monoisotopic (exact) mass is 251 g/mol. The van der Waals surface area contributed by atoms with Crippen molar-refractivity contribution in [1.82, 2.24) is 4.90 Å². The minimum absolute atomic E-state index is 0.253. The third kappa shape index (κ3) is 3.37. The number of rotatable bonds is 6. The second kappa shape index (κ2) is 6.61. The van der Waals surface area contributed by atoms with Crippen LogP contribution in [-0.2, 0) is 0 Å². The molecule has 1 saturated heterocycles. The number of ether oxygens (including phenoxy) is 2. The summed E-state index contributed by atoms with van der Waals surface area (Å²) in [6.07, 6.45) is 2.27. The topological polar surface area (TPSA) is 41.9 Å². The van der Waals surface area contributed by atoms with E-state index in [-0.39, 0.29) is 6.61 Å². The molecule has 0 amide bonds. The highest BCUT2D eigenvalue weighted by atomic mass is 16.5. The SMILES string of the molecule is COc1ccc(OCCN2CCCC2CO)cc1. The van der Waals surface area contributed by atoms with Gasteiger partial charge in [0.2, 0.25) is 0 Å². The molecule has 1 atom stereocenters. The van der Waals surface area contributed by atoms with Gasteiger partial charge < -0.3 is 14.6 Å². The largest absolute Gasteiger partial charge is 0.497 e. The average Bonchev–Trinajstić information content (AvgIpc) is 2.87. The lowest BCUT2D eigenvalue weighted by Gasteiger charge is -2.22. The minimum Gasteiger partial charge on any atom is -0.497 e. The Morgan fingerprint density at radius 3 is 2.67 bits per heavy atom. The predicted molar refractivity (Wildman–Crippen MR) is 70.2 cm³/mol. The fraction of sp³-hybridized carbons (Fsp3) is 0.571. The standard InChI is InChI=1S/C14H21NO3/c1-17-13-4-6-14(7-5-13)18-10-9-15-8-2-3-12(15)11-16/h4-7,12,16H,2-3,8-11H2,1H3. The Bertz CT molecular complexity index is 353. The van der Waals surface area contributed by atoms with Gasteiger partial charge in [-0.25, -0.2) is 0 Å². The molecule has 0 saturated carbocycles. The number of methoxy groups -OCH3 is 1. The quantitative estimate of drug-likeness (QED) is 0.832. The fourth-order valence-corrected chi connectivity index (χ4v) is 2.35. The number of likely N-dealkylation sites (tertiary alicyclic amines) is 1. The Balaban J connectivity index is 1.74. The van der Waals surface area contributed by atoms with Gasteiger partial charge in [0.25, 0.3) is 0 Å². The molecule has 1 N–H and O–H groups in total. The van der Waals surface area contributed by atoms with Crippen molar-refractivity contribution < 1.29 is 14.6 Å². The molecule has 2 rings (SSSR count). The van der Waals surface area contributed by atoms with E-state index in [1.165, 1.54) is 6.42 Å². The summed E-state index contributed by atoms with van der Waals surface area (Å²) in [5.74, 6) is 1.69. The number of hydrogen-bond acceptors (Lipinski definition) is 4. The van der Waals surface area contributed by atoms with E-state index in [1.54, 1.807) is 7.11 Å². The molecule has 0 radical (unpaired) electrons. The number of hydrogen-bond donors (Lipinski definition) is 1. The van der Waals surface area contributed by atoms with E-state index in [9.17, 15) is 5.11 Å². The van der Waals surface area contributed by atoms with Crippen LogP contribution in [0.15, 0.2) is 24.3 Å². The third-order valence-corrected chi connectivity index (χ3v) is 3.42. The van der Waals surface area contributed by atoms with Crippen LogP contribution < -0.4 is 9.47 Å². The second-order valence-electron chi connectivity index (χ2n) is 4.54. The Morgan fingerprint density at radius 1 is 1.28 bits per heavy atom. The summed E-state index contributed by atoms with van der Waals surface area (Å²) in [4.78, 5) is 2.30. The summed E-state index contributed by atoms with van der Waals surface area (Å²) >= 11 is 0. The molecular weight excluding hydrogens is 230 g/mol. The van der Waals surface area contributed by atoms with Gasteiger partial charge in [0.15, 0.2) is 0 Å². The Kier molecular flexibility index (Phi) is 4.84. The van der Waals surface area contributed by atoms with Gasteiger partial charge in [-0.05, 0) is 43.7 Å². The van der Waals surface area contributed by atoms with E-state index in [0.29, 0.717) is 12.6 Å². The van der Waals surface area contributed by atoms with Crippen molar-refractivity contribution in [2.45, 2.75) is 18.9 Å². The first-order valence-corrected chi connectivity index (χ1v) is 6.45. The van der Waals surface area contributed by atoms with Crippen LogP contribution in [0, 0.1) is 0 Å². The van der Waals surface area contributed by atoms with Gasteiger partial charge in [-0.15, -0.1) is 0 Å². The molecule has 1 aliphatic rings. The number of aliphatic hydroxyl groups excluding tert-OH is 1. The molecule has 18 heavy (non-hydrogen) atoms. The van der Waals surface area contributed by atoms with E-state index >= 15 is 0 Å². The molecule has 1 aromatic rings. The third-order valence-electron chi connectivity index (χ3n) is 3.42. The van der Waals surface area contributed by atoms with Crippen LogP contribution in [0.25, 0.3) is 0 Å². The highest BCUT2D eigenvalue weighted by molar-refractivity contribution is 5.31. The molecule has 4 nitrogen and oxygen atoms in total. The summed E-state index contributed by atoms with van der Waals surface area (Å²) in [7, 11) is 1.65. The number of benzene rings is 1. The molecular formula is C14H21NO3. The van der Waals surface area contributed by atoms with Gasteiger partial charge in [0, 0.05) is 12.6 Å². The smallest absolute Gasteiger partial charge is 0.119 e. The first kappa shape index (κ1) is 13.2. The van der Waals surface area contributed by atoms with Crippen LogP contribution in [0.4, 0.5) is 0 Å². The number of aliphatic hydroxyl groups is 1. The molecule has 0 aromatic heterocycles. The molecule has 100 valence electrons. The van der Waals surface area contributed by atoms with Crippen molar-refractivity contribution >= 4 is 0 Å². The zero-order chi connectivity index (χ0) is 12.8.